The fraction of sp³-hybridized carbons (Fsp3) is 0.500. The summed E-state index contributed by atoms with van der Waals surface area (Å²) in [6.07, 6.45) is 3.15. The third kappa shape index (κ3) is 3.13. The molecule has 1 aliphatic rings. The van der Waals surface area contributed by atoms with E-state index in [2.05, 4.69) is 40.6 Å². The number of hydrogen-bond donors (Lipinski definition) is 1. The van der Waals surface area contributed by atoms with Gasteiger partial charge in [-0.2, -0.15) is 5.26 Å². The van der Waals surface area contributed by atoms with Gasteiger partial charge in [-0.25, -0.2) is 0 Å². The van der Waals surface area contributed by atoms with Gasteiger partial charge in [0.15, 0.2) is 0 Å². The molecule has 0 spiro atoms. The Morgan fingerprint density at radius 3 is 2.53 bits per heavy atom. The largest absolute Gasteiger partial charge is 0.382 e. The van der Waals surface area contributed by atoms with Crippen molar-refractivity contribution in [3.05, 3.63) is 24.3 Å². The zero-order chi connectivity index (χ0) is 12.1. The van der Waals surface area contributed by atoms with Crippen LogP contribution in [-0.2, 0) is 0 Å². The highest BCUT2D eigenvalue weighted by atomic mass is 15.1. The van der Waals surface area contributed by atoms with Crippen molar-refractivity contribution >= 4 is 11.4 Å². The first kappa shape index (κ1) is 11.8. The number of rotatable bonds is 4. The molecule has 3 nitrogen and oxygen atoms in total. The lowest BCUT2D eigenvalue weighted by Crippen LogP contribution is -2.18. The second-order valence-electron chi connectivity index (χ2n) is 4.65. The molecule has 1 N–H and O–H groups in total. The Kier molecular flexibility index (Phi) is 3.87. The first-order valence-corrected chi connectivity index (χ1v) is 6.28. The van der Waals surface area contributed by atoms with Crippen LogP contribution in [0.3, 0.4) is 0 Å². The molecule has 90 valence electrons. The van der Waals surface area contributed by atoms with E-state index in [4.69, 9.17) is 5.26 Å². The van der Waals surface area contributed by atoms with Gasteiger partial charge in [-0.1, -0.05) is 0 Å². The lowest BCUT2D eigenvalue weighted by molar-refractivity contribution is 0.821. The topological polar surface area (TPSA) is 39.1 Å². The minimum atomic E-state index is 0.206. The number of anilines is 2. The molecule has 0 radical (unpaired) electrons. The van der Waals surface area contributed by atoms with E-state index in [0.717, 1.165) is 5.69 Å². The number of hydrogen-bond acceptors (Lipinski definition) is 3. The summed E-state index contributed by atoms with van der Waals surface area (Å²) in [5, 5.41) is 11.9. The van der Waals surface area contributed by atoms with Crippen molar-refractivity contribution in [1.82, 2.24) is 0 Å². The van der Waals surface area contributed by atoms with Gasteiger partial charge in [0.1, 0.15) is 0 Å². The molecule has 1 heterocycles. The minimum Gasteiger partial charge on any atom is -0.382 e. The van der Waals surface area contributed by atoms with E-state index >= 15 is 0 Å². The predicted molar refractivity (Wildman–Crippen MR) is 71.2 cm³/mol. The van der Waals surface area contributed by atoms with Crippen LogP contribution in [-0.4, -0.2) is 19.1 Å². The van der Waals surface area contributed by atoms with Gasteiger partial charge in [-0.15, -0.1) is 0 Å². The number of benzene rings is 1. The first-order chi connectivity index (χ1) is 8.29. The summed E-state index contributed by atoms with van der Waals surface area (Å²) < 4.78 is 0. The maximum atomic E-state index is 8.61. The van der Waals surface area contributed by atoms with Gasteiger partial charge in [-0.3, -0.25) is 0 Å². The SMILES string of the molecule is CC(CC#N)Nc1ccc(N2CCCC2)cc1. The van der Waals surface area contributed by atoms with E-state index in [0.29, 0.717) is 6.42 Å². The van der Waals surface area contributed by atoms with Crippen LogP contribution in [0.5, 0.6) is 0 Å². The predicted octanol–water partition coefficient (Wildman–Crippen LogP) is 3.00. The van der Waals surface area contributed by atoms with Crippen LogP contribution < -0.4 is 10.2 Å². The smallest absolute Gasteiger partial charge is 0.0643 e. The summed E-state index contributed by atoms with van der Waals surface area (Å²) in [6, 6.07) is 10.9. The molecule has 17 heavy (non-hydrogen) atoms. The minimum absolute atomic E-state index is 0.206. The fourth-order valence-electron chi connectivity index (χ4n) is 2.22. The van der Waals surface area contributed by atoms with Crippen molar-refractivity contribution in [1.29, 1.82) is 5.26 Å². The molecule has 1 aromatic carbocycles. The molecule has 1 saturated heterocycles. The van der Waals surface area contributed by atoms with Gasteiger partial charge in [0.25, 0.3) is 0 Å². The van der Waals surface area contributed by atoms with Crippen LogP contribution in [0.1, 0.15) is 26.2 Å². The van der Waals surface area contributed by atoms with Crippen LogP contribution in [0.2, 0.25) is 0 Å². The van der Waals surface area contributed by atoms with Gasteiger partial charge in [-0.05, 0) is 44.0 Å². The summed E-state index contributed by atoms with van der Waals surface area (Å²) in [5.74, 6) is 0. The van der Waals surface area contributed by atoms with E-state index < -0.39 is 0 Å². The Hall–Kier alpha value is -1.69. The number of nitrogens with zero attached hydrogens (tertiary/aromatic N) is 2. The van der Waals surface area contributed by atoms with Crippen molar-refractivity contribution in [2.45, 2.75) is 32.2 Å². The van der Waals surface area contributed by atoms with Crippen LogP contribution in [0, 0.1) is 11.3 Å². The maximum Gasteiger partial charge on any atom is 0.0643 e. The zero-order valence-electron chi connectivity index (χ0n) is 10.3. The van der Waals surface area contributed by atoms with Crippen molar-refractivity contribution in [3.63, 3.8) is 0 Å². The van der Waals surface area contributed by atoms with Gasteiger partial charge < -0.3 is 10.2 Å². The molecule has 3 heteroatoms. The highest BCUT2D eigenvalue weighted by molar-refractivity contribution is 5.55. The van der Waals surface area contributed by atoms with E-state index in [1.807, 2.05) is 6.92 Å². The highest BCUT2D eigenvalue weighted by Gasteiger charge is 2.11. The molecular weight excluding hydrogens is 210 g/mol. The Balaban J connectivity index is 1.95. The Morgan fingerprint density at radius 1 is 1.29 bits per heavy atom. The molecule has 0 aromatic heterocycles. The number of nitrogens with one attached hydrogen (secondary N) is 1. The summed E-state index contributed by atoms with van der Waals surface area (Å²) >= 11 is 0. The Bertz CT molecular complexity index is 385. The van der Waals surface area contributed by atoms with Gasteiger partial charge in [0.2, 0.25) is 0 Å². The van der Waals surface area contributed by atoms with Crippen LogP contribution in [0.4, 0.5) is 11.4 Å². The Morgan fingerprint density at radius 2 is 1.94 bits per heavy atom. The van der Waals surface area contributed by atoms with Crippen molar-refractivity contribution in [3.8, 4) is 6.07 Å². The second kappa shape index (κ2) is 5.58. The third-order valence-corrected chi connectivity index (χ3v) is 3.15. The van der Waals surface area contributed by atoms with E-state index in [1.54, 1.807) is 0 Å². The summed E-state index contributed by atoms with van der Waals surface area (Å²) in [6.45, 7) is 4.38. The molecule has 1 aromatic rings. The standard InChI is InChI=1S/C14H19N3/c1-12(8-9-15)16-13-4-6-14(7-5-13)17-10-2-3-11-17/h4-7,12,16H,2-3,8,10-11H2,1H3. The zero-order valence-corrected chi connectivity index (χ0v) is 10.3. The Labute approximate surface area is 103 Å². The average molecular weight is 229 g/mol. The van der Waals surface area contributed by atoms with Crippen molar-refractivity contribution in [2.24, 2.45) is 0 Å². The fourth-order valence-corrected chi connectivity index (χ4v) is 2.22. The molecule has 0 saturated carbocycles. The molecule has 2 rings (SSSR count). The molecule has 1 unspecified atom stereocenters. The summed E-state index contributed by atoms with van der Waals surface area (Å²) in [7, 11) is 0. The van der Waals surface area contributed by atoms with Crippen LogP contribution >= 0.6 is 0 Å². The molecular formula is C14H19N3. The van der Waals surface area contributed by atoms with E-state index in [1.165, 1.54) is 31.6 Å². The van der Waals surface area contributed by atoms with Gasteiger partial charge >= 0.3 is 0 Å². The maximum absolute atomic E-state index is 8.61. The quantitative estimate of drug-likeness (QED) is 0.862. The van der Waals surface area contributed by atoms with Crippen molar-refractivity contribution < 1.29 is 0 Å². The van der Waals surface area contributed by atoms with Crippen LogP contribution in [0.25, 0.3) is 0 Å². The molecule has 1 atom stereocenters. The normalized spacial score (nSPS) is 16.6. The van der Waals surface area contributed by atoms with Gasteiger partial charge in [0, 0.05) is 30.5 Å². The second-order valence-corrected chi connectivity index (χ2v) is 4.65. The van der Waals surface area contributed by atoms with Crippen LogP contribution in [0.15, 0.2) is 24.3 Å². The van der Waals surface area contributed by atoms with E-state index in [-0.39, 0.29) is 6.04 Å². The summed E-state index contributed by atoms with van der Waals surface area (Å²) in [4.78, 5) is 2.42. The monoisotopic (exact) mass is 229 g/mol. The molecule has 0 bridgehead atoms. The molecule has 0 amide bonds. The third-order valence-electron chi connectivity index (χ3n) is 3.15. The van der Waals surface area contributed by atoms with E-state index in [9.17, 15) is 0 Å². The molecule has 0 aliphatic carbocycles. The lowest BCUT2D eigenvalue weighted by atomic mass is 10.2. The number of nitriles is 1. The van der Waals surface area contributed by atoms with Gasteiger partial charge in [0.05, 0.1) is 12.5 Å². The summed E-state index contributed by atoms with van der Waals surface area (Å²) in [5.41, 5.74) is 2.40. The highest BCUT2D eigenvalue weighted by Crippen LogP contribution is 2.22. The van der Waals surface area contributed by atoms with Crippen molar-refractivity contribution in [2.75, 3.05) is 23.3 Å². The molecule has 1 aliphatic heterocycles. The lowest BCUT2D eigenvalue weighted by Gasteiger charge is -2.18. The molecule has 1 fully saturated rings. The first-order valence-electron chi connectivity index (χ1n) is 6.28. The average Bonchev–Trinajstić information content (AvgIpc) is 2.84.